The zero-order valence-corrected chi connectivity index (χ0v) is 15.1. The lowest BCUT2D eigenvalue weighted by Gasteiger charge is -2.18. The zero-order chi connectivity index (χ0) is 19.1. The van der Waals surface area contributed by atoms with Gasteiger partial charge >= 0.3 is 6.09 Å². The lowest BCUT2D eigenvalue weighted by atomic mass is 10.1. The molecule has 3 amide bonds. The third-order valence-corrected chi connectivity index (χ3v) is 4.93. The molecule has 0 spiro atoms. The maximum Gasteiger partial charge on any atom is 0.414 e. The number of anilines is 2. The molecule has 2 aliphatic rings. The Balaban J connectivity index is 1.50. The van der Waals surface area contributed by atoms with Gasteiger partial charge in [-0.15, -0.1) is 0 Å². The minimum absolute atomic E-state index is 0.0438. The molecule has 2 aliphatic heterocycles. The van der Waals surface area contributed by atoms with E-state index in [1.165, 1.54) is 4.90 Å². The average molecular weight is 365 g/mol. The largest absolute Gasteiger partial charge is 0.442 e. The van der Waals surface area contributed by atoms with Crippen molar-refractivity contribution in [2.24, 2.45) is 0 Å². The normalized spacial score (nSPS) is 18.7. The van der Waals surface area contributed by atoms with Crippen molar-refractivity contribution in [3.05, 3.63) is 59.2 Å². The van der Waals surface area contributed by atoms with Crippen LogP contribution >= 0.6 is 0 Å². The Kier molecular flexibility index (Phi) is 4.07. The van der Waals surface area contributed by atoms with Crippen LogP contribution in [0.15, 0.2) is 42.5 Å². The summed E-state index contributed by atoms with van der Waals surface area (Å²) in [5.74, 6) is -0.696. The van der Waals surface area contributed by atoms with Crippen molar-refractivity contribution < 1.29 is 19.1 Å². The van der Waals surface area contributed by atoms with Crippen LogP contribution in [0.1, 0.15) is 26.3 Å². The molecule has 0 bridgehead atoms. The number of imide groups is 1. The summed E-state index contributed by atoms with van der Waals surface area (Å²) in [6.45, 7) is 2.28. The van der Waals surface area contributed by atoms with Crippen LogP contribution in [0, 0.1) is 6.92 Å². The third kappa shape index (κ3) is 2.81. The number of benzene rings is 2. The van der Waals surface area contributed by atoms with Gasteiger partial charge in [0.1, 0.15) is 6.10 Å². The van der Waals surface area contributed by atoms with Crippen molar-refractivity contribution in [2.45, 2.75) is 13.0 Å². The molecular formula is C20H19N3O4. The van der Waals surface area contributed by atoms with Crippen molar-refractivity contribution in [1.29, 1.82) is 0 Å². The summed E-state index contributed by atoms with van der Waals surface area (Å²) >= 11 is 0. The molecule has 1 atom stereocenters. The van der Waals surface area contributed by atoms with Gasteiger partial charge < -0.3 is 10.1 Å². The number of cyclic esters (lactones) is 1. The molecule has 27 heavy (non-hydrogen) atoms. The summed E-state index contributed by atoms with van der Waals surface area (Å²) in [6, 6.07) is 12.4. The number of fused-ring (bicyclic) bond motifs is 1. The Labute approximate surface area is 156 Å². The Morgan fingerprint density at radius 3 is 2.33 bits per heavy atom. The van der Waals surface area contributed by atoms with E-state index in [0.717, 1.165) is 21.8 Å². The van der Waals surface area contributed by atoms with Crippen LogP contribution in [-0.2, 0) is 4.74 Å². The number of carbonyl (C=O) groups excluding carboxylic acids is 3. The molecule has 7 heteroatoms. The Hall–Kier alpha value is -3.35. The Bertz CT molecular complexity index is 921. The van der Waals surface area contributed by atoms with E-state index in [2.05, 4.69) is 5.32 Å². The van der Waals surface area contributed by atoms with Gasteiger partial charge in [-0.05, 0) is 42.8 Å². The van der Waals surface area contributed by atoms with Crippen LogP contribution in [0.3, 0.4) is 0 Å². The number of hydrogen-bond donors (Lipinski definition) is 1. The van der Waals surface area contributed by atoms with E-state index in [9.17, 15) is 14.4 Å². The number of ether oxygens (including phenoxy) is 1. The molecule has 2 aromatic rings. The minimum Gasteiger partial charge on any atom is -0.442 e. The first-order chi connectivity index (χ1) is 13.0. The number of nitrogens with one attached hydrogen (secondary N) is 1. The lowest BCUT2D eigenvalue weighted by Crippen LogP contribution is -2.38. The van der Waals surface area contributed by atoms with Crippen LogP contribution in [0.5, 0.6) is 0 Å². The van der Waals surface area contributed by atoms with Crippen LogP contribution in [0.25, 0.3) is 0 Å². The van der Waals surface area contributed by atoms with Crippen molar-refractivity contribution in [2.75, 3.05) is 30.4 Å². The molecule has 1 N–H and O–H groups in total. The monoisotopic (exact) mass is 365 g/mol. The van der Waals surface area contributed by atoms with Gasteiger partial charge in [-0.25, -0.2) is 4.79 Å². The lowest BCUT2D eigenvalue weighted by molar-refractivity contribution is 0.0558. The van der Waals surface area contributed by atoms with Crippen molar-refractivity contribution in [3.63, 3.8) is 0 Å². The van der Waals surface area contributed by atoms with Crippen molar-refractivity contribution in [3.8, 4) is 0 Å². The fraction of sp³-hybridized carbons (Fsp3) is 0.250. The van der Waals surface area contributed by atoms with E-state index in [1.54, 1.807) is 24.3 Å². The summed E-state index contributed by atoms with van der Waals surface area (Å²) in [7, 11) is 1.84. The maximum atomic E-state index is 12.5. The van der Waals surface area contributed by atoms with Crippen LogP contribution < -0.4 is 10.2 Å². The zero-order valence-electron chi connectivity index (χ0n) is 15.1. The molecular weight excluding hydrogens is 346 g/mol. The number of nitrogens with zero attached hydrogens (tertiary/aromatic N) is 2. The van der Waals surface area contributed by atoms with Crippen molar-refractivity contribution >= 4 is 29.3 Å². The average Bonchev–Trinajstić information content (AvgIpc) is 3.15. The van der Waals surface area contributed by atoms with Crippen LogP contribution in [0.4, 0.5) is 16.2 Å². The molecule has 7 nitrogen and oxygen atoms in total. The number of rotatable bonds is 4. The molecule has 138 valence electrons. The maximum absolute atomic E-state index is 12.5. The number of hydrogen-bond acceptors (Lipinski definition) is 5. The van der Waals surface area contributed by atoms with E-state index < -0.39 is 12.2 Å². The molecule has 0 radical (unpaired) electrons. The molecule has 0 saturated carbocycles. The molecule has 2 heterocycles. The highest BCUT2D eigenvalue weighted by Gasteiger charge is 2.40. The van der Waals surface area contributed by atoms with Gasteiger partial charge in [0.2, 0.25) is 0 Å². The van der Waals surface area contributed by atoms with Gasteiger partial charge in [-0.2, -0.15) is 0 Å². The summed E-state index contributed by atoms with van der Waals surface area (Å²) < 4.78 is 5.41. The van der Waals surface area contributed by atoms with Crippen LogP contribution in [0.2, 0.25) is 0 Å². The Morgan fingerprint density at radius 2 is 1.74 bits per heavy atom. The van der Waals surface area contributed by atoms with E-state index in [1.807, 2.05) is 32.2 Å². The third-order valence-electron chi connectivity index (χ3n) is 4.93. The fourth-order valence-corrected chi connectivity index (χ4v) is 3.53. The number of carbonyl (C=O) groups is 3. The molecule has 2 aromatic carbocycles. The second kappa shape index (κ2) is 6.42. The standard InChI is InChI=1S/C20H19N3O4/c1-12-9-13(7-8-17(12)21-2)22-10-14(27-20(22)26)11-23-18(24)15-5-3-4-6-16(15)19(23)25/h3-9,14,21H,10-11H2,1-2H3/t14-/m1/s1. The number of aryl methyl sites for hydroxylation is 1. The highest BCUT2D eigenvalue weighted by Crippen LogP contribution is 2.28. The fourth-order valence-electron chi connectivity index (χ4n) is 3.53. The molecule has 1 fully saturated rings. The highest BCUT2D eigenvalue weighted by molar-refractivity contribution is 6.21. The predicted molar refractivity (Wildman–Crippen MR) is 100 cm³/mol. The minimum atomic E-state index is -0.566. The topological polar surface area (TPSA) is 78.9 Å². The van der Waals surface area contributed by atoms with E-state index in [0.29, 0.717) is 11.1 Å². The van der Waals surface area contributed by atoms with E-state index in [4.69, 9.17) is 4.74 Å². The van der Waals surface area contributed by atoms with Gasteiger partial charge in [0.05, 0.1) is 24.2 Å². The van der Waals surface area contributed by atoms with Gasteiger partial charge in [-0.3, -0.25) is 19.4 Å². The second-order valence-electron chi connectivity index (χ2n) is 6.63. The first-order valence-corrected chi connectivity index (χ1v) is 8.71. The molecule has 0 unspecified atom stereocenters. The smallest absolute Gasteiger partial charge is 0.414 e. The predicted octanol–water partition coefficient (Wildman–Crippen LogP) is 2.66. The van der Waals surface area contributed by atoms with Gasteiger partial charge in [0.15, 0.2) is 0 Å². The van der Waals surface area contributed by atoms with Crippen molar-refractivity contribution in [1.82, 2.24) is 4.90 Å². The number of amides is 3. The SMILES string of the molecule is CNc1ccc(N2C[C@H](CN3C(=O)c4ccccc4C3=O)OC2=O)cc1C. The van der Waals surface area contributed by atoms with Gasteiger partial charge in [-0.1, -0.05) is 12.1 Å². The highest BCUT2D eigenvalue weighted by atomic mass is 16.6. The van der Waals surface area contributed by atoms with Crippen LogP contribution in [-0.4, -0.2) is 49.0 Å². The van der Waals surface area contributed by atoms with Gasteiger partial charge in [0, 0.05) is 18.4 Å². The summed E-state index contributed by atoms with van der Waals surface area (Å²) in [6.07, 6.45) is -1.04. The first-order valence-electron chi connectivity index (χ1n) is 8.71. The molecule has 0 aromatic heterocycles. The summed E-state index contributed by atoms with van der Waals surface area (Å²) in [5.41, 5.74) is 3.49. The van der Waals surface area contributed by atoms with Gasteiger partial charge in [0.25, 0.3) is 11.8 Å². The molecule has 1 saturated heterocycles. The Morgan fingerprint density at radius 1 is 1.07 bits per heavy atom. The second-order valence-corrected chi connectivity index (χ2v) is 6.63. The molecule has 0 aliphatic carbocycles. The van der Waals surface area contributed by atoms with E-state index >= 15 is 0 Å². The quantitative estimate of drug-likeness (QED) is 0.843. The first kappa shape index (κ1) is 17.1. The molecule has 4 rings (SSSR count). The summed E-state index contributed by atoms with van der Waals surface area (Å²) in [4.78, 5) is 40.0. The summed E-state index contributed by atoms with van der Waals surface area (Å²) in [5, 5.41) is 3.08. The van der Waals surface area contributed by atoms with E-state index in [-0.39, 0.29) is 24.9 Å².